The maximum atomic E-state index is 13.5. The van der Waals surface area contributed by atoms with Crippen LogP contribution < -0.4 is 10.6 Å². The fraction of sp³-hybridized carbons (Fsp3) is 0.423. The molecule has 4 rings (SSSR count). The van der Waals surface area contributed by atoms with Crippen LogP contribution in [-0.4, -0.2) is 48.7 Å². The van der Waals surface area contributed by atoms with E-state index in [0.717, 1.165) is 22.3 Å². The van der Waals surface area contributed by atoms with Crippen LogP contribution in [0, 0.1) is 17.3 Å². The van der Waals surface area contributed by atoms with E-state index >= 15 is 0 Å². The minimum Gasteiger partial charge on any atom is -0.481 e. The molecule has 0 saturated heterocycles. The summed E-state index contributed by atoms with van der Waals surface area (Å²) in [7, 11) is 0. The second kappa shape index (κ2) is 9.28. The van der Waals surface area contributed by atoms with Crippen molar-refractivity contribution in [1.29, 1.82) is 0 Å². The van der Waals surface area contributed by atoms with E-state index in [1.807, 2.05) is 48.5 Å². The molecule has 186 valence electrons. The standard InChI is InChI=1S/C26H28F2N2O5/c1-25(2,11-21(31)29-12-20-22(23(32)33)26(20,27)28)14-30-24(34)35-13-19-17-9-5-3-7-15(17)16-8-4-6-10-18(16)19/h3-10,19-20,22H,11-14H2,1-2H3,(H,29,31)(H,30,34)(H,32,33)/t20-,22-/m1/s1. The number of fused-ring (bicyclic) bond motifs is 3. The zero-order chi connectivity index (χ0) is 25.4. The number of nitrogens with one attached hydrogen (secondary N) is 2. The second-order valence-corrected chi connectivity index (χ2v) is 9.92. The number of ether oxygens (including phenoxy) is 1. The van der Waals surface area contributed by atoms with Gasteiger partial charge in [-0.25, -0.2) is 13.6 Å². The molecule has 3 N–H and O–H groups in total. The van der Waals surface area contributed by atoms with Gasteiger partial charge in [-0.2, -0.15) is 0 Å². The molecule has 0 heterocycles. The van der Waals surface area contributed by atoms with Crippen molar-refractivity contribution in [2.45, 2.75) is 32.1 Å². The SMILES string of the molecule is CC(C)(CNC(=O)OCC1c2ccccc2-c2ccccc21)CC(=O)NC[C@@H]1[C@H](C(=O)O)C1(F)F. The minimum atomic E-state index is -3.31. The molecule has 0 bridgehead atoms. The summed E-state index contributed by atoms with van der Waals surface area (Å²) >= 11 is 0. The molecule has 35 heavy (non-hydrogen) atoms. The molecular weight excluding hydrogens is 458 g/mol. The zero-order valence-electron chi connectivity index (χ0n) is 19.5. The number of alkyl carbamates (subject to hydrolysis) is 1. The van der Waals surface area contributed by atoms with E-state index < -0.39 is 47.7 Å². The Morgan fingerprint density at radius 3 is 2.11 bits per heavy atom. The van der Waals surface area contributed by atoms with Gasteiger partial charge < -0.3 is 20.5 Å². The Hall–Kier alpha value is -3.49. The van der Waals surface area contributed by atoms with Crippen molar-refractivity contribution in [2.75, 3.05) is 19.7 Å². The molecule has 2 atom stereocenters. The lowest BCUT2D eigenvalue weighted by Crippen LogP contribution is -2.39. The molecule has 0 spiro atoms. The lowest BCUT2D eigenvalue weighted by molar-refractivity contribution is -0.141. The van der Waals surface area contributed by atoms with E-state index in [-0.39, 0.29) is 25.5 Å². The van der Waals surface area contributed by atoms with Gasteiger partial charge in [0.25, 0.3) is 5.92 Å². The molecule has 2 aliphatic rings. The molecule has 7 nitrogen and oxygen atoms in total. The average Bonchev–Trinajstić information content (AvgIpc) is 3.22. The first-order valence-corrected chi connectivity index (χ1v) is 11.5. The summed E-state index contributed by atoms with van der Waals surface area (Å²) in [6, 6.07) is 16.0. The van der Waals surface area contributed by atoms with E-state index in [1.54, 1.807) is 13.8 Å². The molecule has 1 fully saturated rings. The van der Waals surface area contributed by atoms with Gasteiger partial charge in [-0.15, -0.1) is 0 Å². The van der Waals surface area contributed by atoms with Crippen molar-refractivity contribution < 1.29 is 33.0 Å². The van der Waals surface area contributed by atoms with Gasteiger partial charge in [0, 0.05) is 25.4 Å². The van der Waals surface area contributed by atoms with Gasteiger partial charge in [0.05, 0.1) is 5.92 Å². The van der Waals surface area contributed by atoms with Crippen LogP contribution in [0.4, 0.5) is 13.6 Å². The molecule has 0 aliphatic heterocycles. The third-order valence-electron chi connectivity index (χ3n) is 6.68. The normalized spacial score (nSPS) is 19.9. The van der Waals surface area contributed by atoms with Gasteiger partial charge in [-0.3, -0.25) is 9.59 Å². The molecule has 0 aromatic heterocycles. The fourth-order valence-corrected chi connectivity index (χ4v) is 4.73. The molecule has 2 aliphatic carbocycles. The first-order valence-electron chi connectivity index (χ1n) is 11.5. The summed E-state index contributed by atoms with van der Waals surface area (Å²) in [5.74, 6) is -8.59. The smallest absolute Gasteiger partial charge is 0.407 e. The highest BCUT2D eigenvalue weighted by Crippen LogP contribution is 2.54. The van der Waals surface area contributed by atoms with Crippen molar-refractivity contribution in [3.8, 4) is 11.1 Å². The van der Waals surface area contributed by atoms with Crippen LogP contribution in [0.25, 0.3) is 11.1 Å². The van der Waals surface area contributed by atoms with Crippen molar-refractivity contribution in [3.05, 3.63) is 59.7 Å². The maximum absolute atomic E-state index is 13.5. The van der Waals surface area contributed by atoms with Crippen LogP contribution in [0.2, 0.25) is 0 Å². The highest BCUT2D eigenvalue weighted by molar-refractivity contribution is 5.80. The molecule has 2 aromatic rings. The first kappa shape index (κ1) is 24.6. The Kier molecular flexibility index (Phi) is 6.53. The zero-order valence-corrected chi connectivity index (χ0v) is 19.5. The largest absolute Gasteiger partial charge is 0.481 e. The third kappa shape index (κ3) is 5.13. The summed E-state index contributed by atoms with van der Waals surface area (Å²) in [4.78, 5) is 35.4. The number of carboxylic acids is 1. The van der Waals surface area contributed by atoms with Gasteiger partial charge in [0.1, 0.15) is 12.5 Å². The number of hydrogen-bond donors (Lipinski definition) is 3. The van der Waals surface area contributed by atoms with Crippen LogP contribution in [-0.2, 0) is 14.3 Å². The summed E-state index contributed by atoms with van der Waals surface area (Å²) < 4.78 is 32.4. The Morgan fingerprint density at radius 2 is 1.57 bits per heavy atom. The number of amides is 2. The second-order valence-electron chi connectivity index (χ2n) is 9.92. The quantitative estimate of drug-likeness (QED) is 0.497. The molecule has 9 heteroatoms. The van der Waals surface area contributed by atoms with Gasteiger partial charge in [0.15, 0.2) is 0 Å². The van der Waals surface area contributed by atoms with E-state index in [0.29, 0.717) is 0 Å². The number of halogens is 2. The molecule has 2 aromatic carbocycles. The monoisotopic (exact) mass is 486 g/mol. The summed E-state index contributed by atoms with van der Waals surface area (Å²) in [5.41, 5.74) is 3.79. The molecule has 2 amide bonds. The molecular formula is C26H28F2N2O5. The number of carbonyl (C=O) groups excluding carboxylic acids is 2. The topological polar surface area (TPSA) is 105 Å². The maximum Gasteiger partial charge on any atom is 0.407 e. The third-order valence-corrected chi connectivity index (χ3v) is 6.68. The summed E-state index contributed by atoms with van der Waals surface area (Å²) in [5, 5.41) is 13.9. The molecule has 0 radical (unpaired) electrons. The van der Waals surface area contributed by atoms with Crippen LogP contribution in [0.3, 0.4) is 0 Å². The van der Waals surface area contributed by atoms with Gasteiger partial charge in [0.2, 0.25) is 5.91 Å². The highest BCUT2D eigenvalue weighted by atomic mass is 19.3. The van der Waals surface area contributed by atoms with Crippen molar-refractivity contribution in [1.82, 2.24) is 10.6 Å². The Morgan fingerprint density at radius 1 is 1.00 bits per heavy atom. The van der Waals surface area contributed by atoms with E-state index in [9.17, 15) is 23.2 Å². The van der Waals surface area contributed by atoms with Gasteiger partial charge in [-0.05, 0) is 27.7 Å². The van der Waals surface area contributed by atoms with E-state index in [4.69, 9.17) is 9.84 Å². The molecule has 0 unspecified atom stereocenters. The number of hydrogen-bond acceptors (Lipinski definition) is 4. The minimum absolute atomic E-state index is 0.0350. The number of aliphatic carboxylic acids is 1. The van der Waals surface area contributed by atoms with Crippen molar-refractivity contribution in [2.24, 2.45) is 17.3 Å². The Bertz CT molecular complexity index is 1100. The fourth-order valence-electron chi connectivity index (χ4n) is 4.73. The first-order chi connectivity index (χ1) is 16.5. The summed E-state index contributed by atoms with van der Waals surface area (Å²) in [6.45, 7) is 3.40. The number of alkyl halides is 2. The predicted octanol–water partition coefficient (Wildman–Crippen LogP) is 4.02. The Labute approximate surface area is 201 Å². The van der Waals surface area contributed by atoms with E-state index in [2.05, 4.69) is 10.6 Å². The van der Waals surface area contributed by atoms with Gasteiger partial charge in [-0.1, -0.05) is 62.4 Å². The van der Waals surface area contributed by atoms with E-state index in [1.165, 1.54) is 0 Å². The van der Waals surface area contributed by atoms with Crippen molar-refractivity contribution >= 4 is 18.0 Å². The number of rotatable bonds is 9. The number of carbonyl (C=O) groups is 3. The van der Waals surface area contributed by atoms with Crippen LogP contribution in [0.15, 0.2) is 48.5 Å². The number of carboxylic acid groups (broad SMARTS) is 1. The van der Waals surface area contributed by atoms with Crippen molar-refractivity contribution in [3.63, 3.8) is 0 Å². The van der Waals surface area contributed by atoms with Crippen LogP contribution in [0.5, 0.6) is 0 Å². The average molecular weight is 487 g/mol. The molecule has 1 saturated carbocycles. The highest BCUT2D eigenvalue weighted by Gasteiger charge is 2.72. The summed E-state index contributed by atoms with van der Waals surface area (Å²) in [6.07, 6.45) is -0.644. The number of benzene rings is 2. The van der Waals surface area contributed by atoms with Crippen LogP contribution >= 0.6 is 0 Å². The van der Waals surface area contributed by atoms with Crippen LogP contribution in [0.1, 0.15) is 37.3 Å². The lowest BCUT2D eigenvalue weighted by atomic mass is 9.89. The Balaban J connectivity index is 1.24. The predicted molar refractivity (Wildman–Crippen MR) is 124 cm³/mol. The van der Waals surface area contributed by atoms with Gasteiger partial charge >= 0.3 is 12.1 Å². The lowest BCUT2D eigenvalue weighted by Gasteiger charge is -2.24.